The molecule has 4 heteroatoms. The first-order chi connectivity index (χ1) is 10.2. The second-order valence-corrected chi connectivity index (χ2v) is 7.26. The highest BCUT2D eigenvalue weighted by Gasteiger charge is 2.32. The second-order valence-electron chi connectivity index (χ2n) is 7.26. The molecular formula is C17H30N4. The molecule has 2 fully saturated rings. The zero-order valence-corrected chi connectivity index (χ0v) is 13.6. The van der Waals surface area contributed by atoms with Crippen molar-refractivity contribution in [1.29, 1.82) is 0 Å². The van der Waals surface area contributed by atoms with Crippen molar-refractivity contribution in [2.24, 2.45) is 24.8 Å². The van der Waals surface area contributed by atoms with Crippen molar-refractivity contribution in [1.82, 2.24) is 20.3 Å². The number of hydrogen-bond acceptors (Lipinski definition) is 3. The van der Waals surface area contributed by atoms with E-state index in [4.69, 9.17) is 0 Å². The highest BCUT2D eigenvalue weighted by Crippen LogP contribution is 2.38. The monoisotopic (exact) mass is 290 g/mol. The molecule has 3 rings (SSSR count). The summed E-state index contributed by atoms with van der Waals surface area (Å²) in [4.78, 5) is 0. The number of aromatic nitrogens is 3. The van der Waals surface area contributed by atoms with Crippen molar-refractivity contribution >= 4 is 0 Å². The van der Waals surface area contributed by atoms with Gasteiger partial charge in [0.25, 0.3) is 0 Å². The molecule has 0 bridgehead atoms. The van der Waals surface area contributed by atoms with E-state index in [1.807, 2.05) is 11.7 Å². The topological polar surface area (TPSA) is 42.7 Å². The van der Waals surface area contributed by atoms with Crippen LogP contribution in [-0.4, -0.2) is 27.6 Å². The average Bonchev–Trinajstić information content (AvgIpc) is 3.21. The minimum absolute atomic E-state index is 0.790. The lowest BCUT2D eigenvalue weighted by atomic mass is 9.71. The molecule has 2 aliphatic carbocycles. The van der Waals surface area contributed by atoms with E-state index in [0.29, 0.717) is 0 Å². The predicted molar refractivity (Wildman–Crippen MR) is 85.0 cm³/mol. The highest BCUT2D eigenvalue weighted by atomic mass is 15.4. The molecule has 2 saturated carbocycles. The summed E-state index contributed by atoms with van der Waals surface area (Å²) >= 11 is 0. The van der Waals surface area contributed by atoms with Crippen LogP contribution in [0.15, 0.2) is 6.20 Å². The van der Waals surface area contributed by atoms with Crippen LogP contribution in [0.3, 0.4) is 0 Å². The third-order valence-corrected chi connectivity index (χ3v) is 5.31. The van der Waals surface area contributed by atoms with Crippen molar-refractivity contribution in [3.63, 3.8) is 0 Å². The number of aryl methyl sites for hydroxylation is 1. The summed E-state index contributed by atoms with van der Waals surface area (Å²) in [5.74, 6) is 2.56. The Morgan fingerprint density at radius 1 is 1.24 bits per heavy atom. The Labute approximate surface area is 128 Å². The van der Waals surface area contributed by atoms with E-state index >= 15 is 0 Å². The fourth-order valence-electron chi connectivity index (χ4n) is 3.98. The quantitative estimate of drug-likeness (QED) is 0.839. The van der Waals surface area contributed by atoms with E-state index in [-0.39, 0.29) is 0 Å². The summed E-state index contributed by atoms with van der Waals surface area (Å²) in [5, 5.41) is 12.2. The lowest BCUT2D eigenvalue weighted by Gasteiger charge is -2.36. The van der Waals surface area contributed by atoms with E-state index in [9.17, 15) is 0 Å². The van der Waals surface area contributed by atoms with Gasteiger partial charge in [-0.15, -0.1) is 5.10 Å². The molecule has 0 amide bonds. The van der Waals surface area contributed by atoms with Crippen molar-refractivity contribution in [3.8, 4) is 0 Å². The molecule has 21 heavy (non-hydrogen) atoms. The standard InChI is InChI=1S/C17H30N4/c1-3-4-13-5-6-14(11-18-16-7-8-16)15(9-13)10-17-12-21(2)20-19-17/h12-16,18H,3-11H2,1-2H3. The molecule has 1 N–H and O–H groups in total. The molecule has 0 aromatic carbocycles. The number of nitrogens with one attached hydrogen (secondary N) is 1. The second kappa shape index (κ2) is 6.91. The van der Waals surface area contributed by atoms with Crippen molar-refractivity contribution in [3.05, 3.63) is 11.9 Å². The predicted octanol–water partition coefficient (Wildman–Crippen LogP) is 2.94. The van der Waals surface area contributed by atoms with Gasteiger partial charge in [0.2, 0.25) is 0 Å². The van der Waals surface area contributed by atoms with E-state index in [2.05, 4.69) is 28.7 Å². The first-order valence-electron chi connectivity index (χ1n) is 8.83. The zero-order valence-electron chi connectivity index (χ0n) is 13.6. The molecule has 0 aliphatic heterocycles. The van der Waals surface area contributed by atoms with Crippen LogP contribution in [-0.2, 0) is 13.5 Å². The van der Waals surface area contributed by atoms with Crippen LogP contribution < -0.4 is 5.32 Å². The van der Waals surface area contributed by atoms with Gasteiger partial charge in [0.1, 0.15) is 0 Å². The number of nitrogens with zero attached hydrogens (tertiary/aromatic N) is 3. The molecule has 0 spiro atoms. The van der Waals surface area contributed by atoms with Gasteiger partial charge in [0.15, 0.2) is 0 Å². The molecule has 1 aromatic rings. The van der Waals surface area contributed by atoms with Gasteiger partial charge in [-0.1, -0.05) is 31.4 Å². The zero-order chi connectivity index (χ0) is 14.7. The minimum Gasteiger partial charge on any atom is -0.314 e. The fraction of sp³-hybridized carbons (Fsp3) is 0.882. The third kappa shape index (κ3) is 4.29. The van der Waals surface area contributed by atoms with Crippen LogP contribution in [0, 0.1) is 17.8 Å². The van der Waals surface area contributed by atoms with Gasteiger partial charge < -0.3 is 5.32 Å². The summed E-state index contributed by atoms with van der Waals surface area (Å²) < 4.78 is 1.83. The molecule has 3 unspecified atom stereocenters. The molecule has 0 radical (unpaired) electrons. The van der Waals surface area contributed by atoms with Gasteiger partial charge in [0, 0.05) is 19.3 Å². The Balaban J connectivity index is 1.59. The lowest BCUT2D eigenvalue weighted by Crippen LogP contribution is -2.35. The molecule has 2 aliphatic rings. The first kappa shape index (κ1) is 15.0. The SMILES string of the molecule is CCCC1CCC(CNC2CC2)C(Cc2cn(C)nn2)C1. The van der Waals surface area contributed by atoms with Crippen LogP contribution in [0.4, 0.5) is 0 Å². The molecule has 118 valence electrons. The van der Waals surface area contributed by atoms with E-state index in [1.165, 1.54) is 57.2 Å². The van der Waals surface area contributed by atoms with Crippen LogP contribution in [0.2, 0.25) is 0 Å². The molecule has 1 heterocycles. The van der Waals surface area contributed by atoms with E-state index in [1.54, 1.807) is 0 Å². The Hall–Kier alpha value is -0.900. The summed E-state index contributed by atoms with van der Waals surface area (Å²) in [6.45, 7) is 3.53. The Morgan fingerprint density at radius 2 is 2.10 bits per heavy atom. The Morgan fingerprint density at radius 3 is 2.76 bits per heavy atom. The smallest absolute Gasteiger partial charge is 0.0829 e. The molecule has 1 aromatic heterocycles. The largest absolute Gasteiger partial charge is 0.314 e. The fourth-order valence-corrected chi connectivity index (χ4v) is 3.98. The average molecular weight is 290 g/mol. The van der Waals surface area contributed by atoms with Gasteiger partial charge in [-0.25, -0.2) is 0 Å². The third-order valence-electron chi connectivity index (χ3n) is 5.31. The highest BCUT2D eigenvalue weighted by molar-refractivity contribution is 4.97. The summed E-state index contributed by atoms with van der Waals surface area (Å²) in [6.07, 6.45) is 12.9. The number of rotatable bonds is 7. The van der Waals surface area contributed by atoms with Crippen LogP contribution >= 0.6 is 0 Å². The van der Waals surface area contributed by atoms with Gasteiger partial charge in [0.05, 0.1) is 5.69 Å². The Bertz CT molecular complexity index is 438. The van der Waals surface area contributed by atoms with Crippen molar-refractivity contribution < 1.29 is 0 Å². The minimum atomic E-state index is 0.790. The first-order valence-corrected chi connectivity index (χ1v) is 8.83. The molecular weight excluding hydrogens is 260 g/mol. The van der Waals surface area contributed by atoms with E-state index < -0.39 is 0 Å². The van der Waals surface area contributed by atoms with Gasteiger partial charge in [-0.2, -0.15) is 0 Å². The summed E-state index contributed by atoms with van der Waals surface area (Å²) in [7, 11) is 1.96. The normalized spacial score (nSPS) is 29.7. The summed E-state index contributed by atoms with van der Waals surface area (Å²) in [6, 6.07) is 0.829. The molecule has 4 nitrogen and oxygen atoms in total. The summed E-state index contributed by atoms with van der Waals surface area (Å²) in [5.41, 5.74) is 1.18. The lowest BCUT2D eigenvalue weighted by molar-refractivity contribution is 0.166. The van der Waals surface area contributed by atoms with Gasteiger partial charge in [-0.05, 0) is 56.4 Å². The van der Waals surface area contributed by atoms with E-state index in [0.717, 1.165) is 30.2 Å². The van der Waals surface area contributed by atoms with Gasteiger partial charge in [-0.3, -0.25) is 4.68 Å². The van der Waals surface area contributed by atoms with Crippen molar-refractivity contribution in [2.75, 3.05) is 6.54 Å². The van der Waals surface area contributed by atoms with Crippen molar-refractivity contribution in [2.45, 2.75) is 64.3 Å². The van der Waals surface area contributed by atoms with Crippen LogP contribution in [0.25, 0.3) is 0 Å². The maximum absolute atomic E-state index is 4.32. The number of hydrogen-bond donors (Lipinski definition) is 1. The molecule has 0 saturated heterocycles. The Kier molecular flexibility index (Phi) is 4.94. The van der Waals surface area contributed by atoms with Crippen LogP contribution in [0.5, 0.6) is 0 Å². The molecule has 3 atom stereocenters. The maximum Gasteiger partial charge on any atom is 0.0829 e. The van der Waals surface area contributed by atoms with Gasteiger partial charge >= 0.3 is 0 Å². The van der Waals surface area contributed by atoms with Crippen LogP contribution in [0.1, 0.15) is 57.6 Å². The maximum atomic E-state index is 4.32.